The summed E-state index contributed by atoms with van der Waals surface area (Å²) in [5, 5.41) is 2.56. The predicted octanol–water partition coefficient (Wildman–Crippen LogP) is 1.53. The van der Waals surface area contributed by atoms with Gasteiger partial charge in [-0.05, 0) is 13.0 Å². The highest BCUT2D eigenvalue weighted by Crippen LogP contribution is 2.24. The normalized spacial score (nSPS) is 11.7. The van der Waals surface area contributed by atoms with Crippen LogP contribution in [0.4, 0.5) is 4.39 Å². The lowest BCUT2D eigenvalue weighted by Crippen LogP contribution is -2.29. The van der Waals surface area contributed by atoms with Crippen LogP contribution in [0.15, 0.2) is 30.9 Å². The lowest BCUT2D eigenvalue weighted by Gasteiger charge is -2.13. The van der Waals surface area contributed by atoms with Crippen molar-refractivity contribution in [3.8, 4) is 5.75 Å². The number of rotatable bonds is 6. The molecule has 1 aromatic carbocycles. The Balaban J connectivity index is 2.68. The van der Waals surface area contributed by atoms with Gasteiger partial charge in [-0.2, -0.15) is 0 Å². The summed E-state index contributed by atoms with van der Waals surface area (Å²) in [6.07, 6.45) is 1.56. The fraction of sp³-hybridized carbons (Fsp3) is 0.308. The van der Waals surface area contributed by atoms with Crippen molar-refractivity contribution < 1.29 is 13.9 Å². The lowest BCUT2D eigenvalue weighted by molar-refractivity contribution is -0.122. The highest BCUT2D eigenvalue weighted by Gasteiger charge is 2.11. The first-order valence-electron chi connectivity index (χ1n) is 5.60. The number of benzene rings is 1. The van der Waals surface area contributed by atoms with Crippen LogP contribution in [0, 0.1) is 5.82 Å². The Morgan fingerprint density at radius 3 is 3.00 bits per heavy atom. The molecule has 3 N–H and O–H groups in total. The summed E-state index contributed by atoms with van der Waals surface area (Å²) in [6, 6.07) is 3.79. The quantitative estimate of drug-likeness (QED) is 0.755. The summed E-state index contributed by atoms with van der Waals surface area (Å²) in [6.45, 7) is 5.42. The van der Waals surface area contributed by atoms with Gasteiger partial charge in [-0.3, -0.25) is 4.79 Å². The number of amides is 1. The van der Waals surface area contributed by atoms with Gasteiger partial charge in [0.15, 0.2) is 6.61 Å². The number of nitrogens with one attached hydrogen (secondary N) is 1. The second kappa shape index (κ2) is 6.76. The fourth-order valence-corrected chi connectivity index (χ4v) is 1.39. The van der Waals surface area contributed by atoms with E-state index in [2.05, 4.69) is 11.9 Å². The second-order valence-electron chi connectivity index (χ2n) is 3.85. The molecular formula is C13H17FN2O2. The zero-order valence-corrected chi connectivity index (χ0v) is 10.3. The average Bonchev–Trinajstić information content (AvgIpc) is 2.33. The minimum absolute atomic E-state index is 0.184. The van der Waals surface area contributed by atoms with Crippen molar-refractivity contribution in [2.45, 2.75) is 13.0 Å². The molecule has 5 heteroatoms. The maximum atomic E-state index is 13.1. The molecule has 0 unspecified atom stereocenters. The van der Waals surface area contributed by atoms with E-state index in [1.54, 1.807) is 19.1 Å². The van der Waals surface area contributed by atoms with Crippen LogP contribution in [0.5, 0.6) is 5.75 Å². The van der Waals surface area contributed by atoms with E-state index in [9.17, 15) is 9.18 Å². The van der Waals surface area contributed by atoms with Gasteiger partial charge in [0, 0.05) is 24.2 Å². The van der Waals surface area contributed by atoms with E-state index in [4.69, 9.17) is 10.5 Å². The van der Waals surface area contributed by atoms with E-state index in [-0.39, 0.29) is 18.6 Å². The van der Waals surface area contributed by atoms with E-state index in [1.165, 1.54) is 12.1 Å². The molecule has 0 aromatic heterocycles. The van der Waals surface area contributed by atoms with Gasteiger partial charge in [0.2, 0.25) is 0 Å². The minimum atomic E-state index is -0.430. The number of hydrogen-bond donors (Lipinski definition) is 2. The van der Waals surface area contributed by atoms with Gasteiger partial charge in [-0.25, -0.2) is 4.39 Å². The molecule has 18 heavy (non-hydrogen) atoms. The first kappa shape index (κ1) is 14.2. The van der Waals surface area contributed by atoms with Gasteiger partial charge in [-0.15, -0.1) is 6.58 Å². The third-order valence-electron chi connectivity index (χ3n) is 2.27. The number of hydrogen-bond acceptors (Lipinski definition) is 3. The summed E-state index contributed by atoms with van der Waals surface area (Å²) >= 11 is 0. The smallest absolute Gasteiger partial charge is 0.258 e. The number of ether oxygens (including phenoxy) is 1. The Hall–Kier alpha value is -1.88. The van der Waals surface area contributed by atoms with Crippen LogP contribution in [-0.4, -0.2) is 19.1 Å². The topological polar surface area (TPSA) is 64.3 Å². The molecule has 1 rings (SSSR count). The van der Waals surface area contributed by atoms with Crippen LogP contribution in [0.1, 0.15) is 18.5 Å². The molecule has 0 fully saturated rings. The minimum Gasteiger partial charge on any atom is -0.483 e. The standard InChI is InChI=1S/C13H17FN2O2/c1-3-6-16-13(17)8-18-12-7-10(14)4-5-11(12)9(2)15/h3-5,7,9H,1,6,8,15H2,2H3,(H,16,17)/t9-/m1/s1. The summed E-state index contributed by atoms with van der Waals surface area (Å²) in [5.41, 5.74) is 6.40. The Morgan fingerprint density at radius 2 is 2.39 bits per heavy atom. The molecule has 1 atom stereocenters. The van der Waals surface area contributed by atoms with Crippen molar-refractivity contribution in [1.82, 2.24) is 5.32 Å². The van der Waals surface area contributed by atoms with Crippen LogP contribution in [0.2, 0.25) is 0 Å². The van der Waals surface area contributed by atoms with Crippen molar-refractivity contribution in [3.63, 3.8) is 0 Å². The summed E-state index contributed by atoms with van der Waals surface area (Å²) in [4.78, 5) is 11.3. The molecule has 0 heterocycles. The molecule has 1 amide bonds. The largest absolute Gasteiger partial charge is 0.483 e. The highest BCUT2D eigenvalue weighted by atomic mass is 19.1. The average molecular weight is 252 g/mol. The Kier molecular flexibility index (Phi) is 5.32. The van der Waals surface area contributed by atoms with E-state index >= 15 is 0 Å². The van der Waals surface area contributed by atoms with Crippen molar-refractivity contribution in [3.05, 3.63) is 42.2 Å². The molecule has 0 radical (unpaired) electrons. The SMILES string of the molecule is C=CCNC(=O)COc1cc(F)ccc1[C@@H](C)N. The van der Waals surface area contributed by atoms with Crippen LogP contribution in [-0.2, 0) is 4.79 Å². The molecule has 4 nitrogen and oxygen atoms in total. The molecule has 0 saturated heterocycles. The van der Waals surface area contributed by atoms with Crippen LogP contribution < -0.4 is 15.8 Å². The third kappa shape index (κ3) is 4.18. The monoisotopic (exact) mass is 252 g/mol. The fourth-order valence-electron chi connectivity index (χ4n) is 1.39. The first-order valence-corrected chi connectivity index (χ1v) is 5.60. The maximum absolute atomic E-state index is 13.1. The van der Waals surface area contributed by atoms with E-state index in [0.29, 0.717) is 17.9 Å². The summed E-state index contributed by atoms with van der Waals surface area (Å²) in [7, 11) is 0. The third-order valence-corrected chi connectivity index (χ3v) is 2.27. The lowest BCUT2D eigenvalue weighted by atomic mass is 10.1. The molecule has 1 aromatic rings. The first-order chi connectivity index (χ1) is 8.54. The van der Waals surface area contributed by atoms with E-state index in [0.717, 1.165) is 0 Å². The molecule has 0 aliphatic heterocycles. The van der Waals surface area contributed by atoms with E-state index < -0.39 is 5.82 Å². The molecule has 0 aliphatic rings. The van der Waals surface area contributed by atoms with Gasteiger partial charge in [0.25, 0.3) is 5.91 Å². The van der Waals surface area contributed by atoms with Gasteiger partial charge < -0.3 is 15.8 Å². The number of nitrogens with two attached hydrogens (primary N) is 1. The van der Waals surface area contributed by atoms with Gasteiger partial charge in [-0.1, -0.05) is 12.1 Å². The van der Waals surface area contributed by atoms with Crippen LogP contribution >= 0.6 is 0 Å². The van der Waals surface area contributed by atoms with Crippen LogP contribution in [0.25, 0.3) is 0 Å². The van der Waals surface area contributed by atoms with Crippen molar-refractivity contribution in [1.29, 1.82) is 0 Å². The Bertz CT molecular complexity index is 433. The van der Waals surface area contributed by atoms with Crippen molar-refractivity contribution >= 4 is 5.91 Å². The van der Waals surface area contributed by atoms with E-state index in [1.807, 2.05) is 0 Å². The second-order valence-corrected chi connectivity index (χ2v) is 3.85. The van der Waals surface area contributed by atoms with Gasteiger partial charge in [0.05, 0.1) is 0 Å². The van der Waals surface area contributed by atoms with Gasteiger partial charge in [0.1, 0.15) is 11.6 Å². The molecule has 98 valence electrons. The molecule has 0 spiro atoms. The summed E-state index contributed by atoms with van der Waals surface area (Å²) in [5.74, 6) is -0.436. The van der Waals surface area contributed by atoms with Crippen molar-refractivity contribution in [2.24, 2.45) is 5.73 Å². The molecular weight excluding hydrogens is 235 g/mol. The predicted molar refractivity (Wildman–Crippen MR) is 67.7 cm³/mol. The zero-order chi connectivity index (χ0) is 13.5. The zero-order valence-electron chi connectivity index (χ0n) is 10.3. The Labute approximate surface area is 106 Å². The highest BCUT2D eigenvalue weighted by molar-refractivity contribution is 5.77. The number of halogens is 1. The maximum Gasteiger partial charge on any atom is 0.258 e. The van der Waals surface area contributed by atoms with Gasteiger partial charge >= 0.3 is 0 Å². The van der Waals surface area contributed by atoms with Crippen LogP contribution in [0.3, 0.4) is 0 Å². The molecule has 0 bridgehead atoms. The Morgan fingerprint density at radius 1 is 1.67 bits per heavy atom. The molecule has 0 saturated carbocycles. The number of carbonyl (C=O) groups is 1. The molecule has 0 aliphatic carbocycles. The van der Waals surface area contributed by atoms with Crippen molar-refractivity contribution in [2.75, 3.05) is 13.2 Å². The number of carbonyl (C=O) groups excluding carboxylic acids is 1. The summed E-state index contributed by atoms with van der Waals surface area (Å²) < 4.78 is 18.4.